The summed E-state index contributed by atoms with van der Waals surface area (Å²) in [4.78, 5) is 30.3. The zero-order valence-corrected chi connectivity index (χ0v) is 20.5. The number of nitriles is 1. The van der Waals surface area contributed by atoms with E-state index in [1.165, 1.54) is 27.7 Å². The fraction of sp³-hybridized carbons (Fsp3) is 0.200. The number of nitrogens with one attached hydrogen (secondary N) is 1. The average Bonchev–Trinajstić information content (AvgIpc) is 3.39. The predicted molar refractivity (Wildman–Crippen MR) is 138 cm³/mol. The Morgan fingerprint density at radius 3 is 2.74 bits per heavy atom. The van der Waals surface area contributed by atoms with Crippen molar-refractivity contribution < 1.29 is 4.79 Å². The molecule has 0 fully saturated rings. The molecule has 1 amide bonds. The maximum atomic E-state index is 13.0. The lowest BCUT2D eigenvalue weighted by Gasteiger charge is -2.14. The SMILES string of the molecule is C=CCn1c(SCC(=O)Nc2c(C#N)c(C)c(C)n2Cc2ccccc2)nc2ccsc2c1=O. The molecule has 1 N–H and O–H groups in total. The first kappa shape index (κ1) is 23.5. The first-order valence-corrected chi connectivity index (χ1v) is 12.5. The highest BCUT2D eigenvalue weighted by atomic mass is 32.2. The number of thiophene rings is 1. The van der Waals surface area contributed by atoms with Crippen molar-refractivity contribution in [2.45, 2.75) is 32.1 Å². The molecule has 3 heterocycles. The van der Waals surface area contributed by atoms with Gasteiger partial charge in [0, 0.05) is 18.8 Å². The molecule has 172 valence electrons. The van der Waals surface area contributed by atoms with E-state index in [9.17, 15) is 14.9 Å². The lowest BCUT2D eigenvalue weighted by Crippen LogP contribution is -2.23. The van der Waals surface area contributed by atoms with E-state index in [4.69, 9.17) is 0 Å². The van der Waals surface area contributed by atoms with Crippen LogP contribution in [-0.4, -0.2) is 25.8 Å². The summed E-state index contributed by atoms with van der Waals surface area (Å²) in [5.74, 6) is 0.244. The van der Waals surface area contributed by atoms with Crippen LogP contribution in [0.4, 0.5) is 5.82 Å². The van der Waals surface area contributed by atoms with E-state index in [-0.39, 0.29) is 17.2 Å². The number of carbonyl (C=O) groups excluding carboxylic acids is 1. The quantitative estimate of drug-likeness (QED) is 0.220. The van der Waals surface area contributed by atoms with E-state index in [1.807, 2.05) is 54.1 Å². The van der Waals surface area contributed by atoms with Crippen molar-refractivity contribution in [2.24, 2.45) is 0 Å². The van der Waals surface area contributed by atoms with Crippen molar-refractivity contribution in [2.75, 3.05) is 11.1 Å². The van der Waals surface area contributed by atoms with Crippen molar-refractivity contribution in [1.29, 1.82) is 5.26 Å². The second-order valence-electron chi connectivity index (χ2n) is 7.69. The van der Waals surface area contributed by atoms with E-state index in [1.54, 1.807) is 12.1 Å². The highest BCUT2D eigenvalue weighted by molar-refractivity contribution is 7.99. The smallest absolute Gasteiger partial charge is 0.272 e. The van der Waals surface area contributed by atoms with Crippen LogP contribution in [-0.2, 0) is 17.9 Å². The molecule has 34 heavy (non-hydrogen) atoms. The molecule has 0 aliphatic heterocycles. The second-order valence-corrected chi connectivity index (χ2v) is 9.55. The minimum absolute atomic E-state index is 0.0404. The van der Waals surface area contributed by atoms with E-state index >= 15 is 0 Å². The summed E-state index contributed by atoms with van der Waals surface area (Å²) >= 11 is 2.53. The summed E-state index contributed by atoms with van der Waals surface area (Å²) in [5.41, 5.74) is 3.76. The summed E-state index contributed by atoms with van der Waals surface area (Å²) < 4.78 is 4.06. The first-order valence-electron chi connectivity index (χ1n) is 10.6. The summed E-state index contributed by atoms with van der Waals surface area (Å²) in [5, 5.41) is 15.0. The molecule has 0 aliphatic rings. The van der Waals surface area contributed by atoms with E-state index < -0.39 is 0 Å². The van der Waals surface area contributed by atoms with Gasteiger partial charge in [0.05, 0.1) is 16.8 Å². The molecule has 4 aromatic rings. The number of allylic oxidation sites excluding steroid dienone is 1. The van der Waals surface area contributed by atoms with Crippen LogP contribution in [0.3, 0.4) is 0 Å². The number of hydrogen-bond acceptors (Lipinski definition) is 6. The fourth-order valence-electron chi connectivity index (χ4n) is 3.72. The van der Waals surface area contributed by atoms with Crippen molar-refractivity contribution in [3.05, 3.63) is 87.2 Å². The molecule has 0 radical (unpaired) electrons. The van der Waals surface area contributed by atoms with Crippen molar-refractivity contribution in [1.82, 2.24) is 14.1 Å². The van der Waals surface area contributed by atoms with Gasteiger partial charge >= 0.3 is 0 Å². The highest BCUT2D eigenvalue weighted by Gasteiger charge is 2.20. The summed E-state index contributed by atoms with van der Waals surface area (Å²) in [6.45, 7) is 8.39. The van der Waals surface area contributed by atoms with Crippen LogP contribution in [0.25, 0.3) is 10.2 Å². The summed E-state index contributed by atoms with van der Waals surface area (Å²) in [7, 11) is 0. The average molecular weight is 490 g/mol. The molecule has 0 bridgehead atoms. The Bertz CT molecular complexity index is 1480. The van der Waals surface area contributed by atoms with Crippen LogP contribution >= 0.6 is 23.1 Å². The van der Waals surface area contributed by atoms with Crippen LogP contribution < -0.4 is 10.9 Å². The Morgan fingerprint density at radius 2 is 2.03 bits per heavy atom. The number of aromatic nitrogens is 3. The standard InChI is InChI=1S/C25H23N5O2S2/c1-4-11-29-24(32)22-20(10-12-33-22)27-25(29)34-15-21(31)28-23-19(13-26)16(2)17(3)30(23)14-18-8-6-5-7-9-18/h4-10,12H,1,11,14-15H2,2-3H3,(H,28,31). The van der Waals surface area contributed by atoms with Gasteiger partial charge in [-0.2, -0.15) is 5.26 Å². The Morgan fingerprint density at radius 1 is 1.26 bits per heavy atom. The number of hydrogen-bond donors (Lipinski definition) is 1. The Kier molecular flexibility index (Phi) is 7.01. The number of anilines is 1. The molecule has 0 aliphatic carbocycles. The normalized spacial score (nSPS) is 10.9. The summed E-state index contributed by atoms with van der Waals surface area (Å²) in [6.07, 6.45) is 1.63. The topological polar surface area (TPSA) is 92.7 Å². The van der Waals surface area contributed by atoms with Crippen molar-refractivity contribution in [3.63, 3.8) is 0 Å². The Balaban J connectivity index is 1.59. The molecule has 3 aromatic heterocycles. The number of rotatable bonds is 8. The lowest BCUT2D eigenvalue weighted by atomic mass is 10.2. The largest absolute Gasteiger partial charge is 0.326 e. The number of thioether (sulfide) groups is 1. The van der Waals surface area contributed by atoms with Crippen LogP contribution in [0, 0.1) is 25.2 Å². The lowest BCUT2D eigenvalue weighted by molar-refractivity contribution is -0.113. The zero-order chi connectivity index (χ0) is 24.2. The van der Waals surface area contributed by atoms with Crippen molar-refractivity contribution in [3.8, 4) is 6.07 Å². The summed E-state index contributed by atoms with van der Waals surface area (Å²) in [6, 6.07) is 13.9. The van der Waals surface area contributed by atoms with Crippen LogP contribution in [0.2, 0.25) is 0 Å². The monoisotopic (exact) mass is 489 g/mol. The molecule has 0 atom stereocenters. The van der Waals surface area contributed by atoms with Gasteiger partial charge in [-0.15, -0.1) is 17.9 Å². The minimum Gasteiger partial charge on any atom is -0.326 e. The molecule has 0 saturated carbocycles. The van der Waals surface area contributed by atoms with Crippen LogP contribution in [0.5, 0.6) is 0 Å². The van der Waals surface area contributed by atoms with Crippen LogP contribution in [0.15, 0.2) is 64.4 Å². The molecule has 7 nitrogen and oxygen atoms in total. The number of fused-ring (bicyclic) bond motifs is 1. The van der Waals surface area contributed by atoms with E-state index in [2.05, 4.69) is 22.9 Å². The number of carbonyl (C=O) groups is 1. The number of amides is 1. The molecular weight excluding hydrogens is 466 g/mol. The third kappa shape index (κ3) is 4.55. The van der Waals surface area contributed by atoms with Gasteiger partial charge in [0.2, 0.25) is 5.91 Å². The maximum Gasteiger partial charge on any atom is 0.272 e. The Hall–Kier alpha value is -3.61. The number of nitrogens with zero attached hydrogens (tertiary/aromatic N) is 4. The van der Waals surface area contributed by atoms with Crippen molar-refractivity contribution >= 4 is 45.0 Å². The van der Waals surface area contributed by atoms with E-state index in [0.29, 0.717) is 39.8 Å². The molecular formula is C25H23N5O2S2. The molecule has 0 saturated heterocycles. The molecule has 0 spiro atoms. The minimum atomic E-state index is -0.280. The van der Waals surface area contributed by atoms with Gasteiger partial charge in [-0.25, -0.2) is 4.98 Å². The molecule has 9 heteroatoms. The van der Waals surface area contributed by atoms with Gasteiger partial charge in [0.25, 0.3) is 5.56 Å². The molecule has 4 rings (SSSR count). The third-order valence-electron chi connectivity index (χ3n) is 5.56. The zero-order valence-electron chi connectivity index (χ0n) is 18.9. The maximum absolute atomic E-state index is 13.0. The predicted octanol–water partition coefficient (Wildman–Crippen LogP) is 4.71. The van der Waals surface area contributed by atoms with Crippen LogP contribution in [0.1, 0.15) is 22.4 Å². The Labute approximate surface area is 205 Å². The van der Waals surface area contributed by atoms with Gasteiger partial charge in [0.1, 0.15) is 16.6 Å². The molecule has 0 unspecified atom stereocenters. The second kappa shape index (κ2) is 10.1. The molecule has 1 aromatic carbocycles. The third-order valence-corrected chi connectivity index (χ3v) is 7.43. The first-order chi connectivity index (χ1) is 16.4. The van der Waals surface area contributed by atoms with E-state index in [0.717, 1.165) is 16.8 Å². The van der Waals surface area contributed by atoms with Gasteiger partial charge in [-0.05, 0) is 36.4 Å². The number of benzene rings is 1. The fourth-order valence-corrected chi connectivity index (χ4v) is 5.30. The van der Waals surface area contributed by atoms with Gasteiger partial charge in [-0.3, -0.25) is 14.2 Å². The van der Waals surface area contributed by atoms with Gasteiger partial charge in [0.15, 0.2) is 5.16 Å². The highest BCUT2D eigenvalue weighted by Crippen LogP contribution is 2.28. The van der Waals surface area contributed by atoms with Gasteiger partial charge < -0.3 is 9.88 Å². The van der Waals surface area contributed by atoms with Gasteiger partial charge in [-0.1, -0.05) is 48.2 Å².